The topological polar surface area (TPSA) is 48.9 Å². The molecule has 0 saturated carbocycles. The highest BCUT2D eigenvalue weighted by Crippen LogP contribution is 2.33. The minimum absolute atomic E-state index is 0. The van der Waals surface area contributed by atoms with Gasteiger partial charge in [0.1, 0.15) is 0 Å². The summed E-state index contributed by atoms with van der Waals surface area (Å²) >= 11 is 0. The van der Waals surface area contributed by atoms with E-state index in [1.165, 1.54) is 42.6 Å². The molecule has 2 aliphatic heterocycles. The van der Waals surface area contributed by atoms with Crippen molar-refractivity contribution in [1.82, 2.24) is 15.5 Å². The van der Waals surface area contributed by atoms with E-state index in [2.05, 4.69) is 77.1 Å². The molecule has 0 amide bonds. The van der Waals surface area contributed by atoms with Gasteiger partial charge in [0.15, 0.2) is 5.96 Å². The minimum atomic E-state index is 0. The molecule has 2 saturated heterocycles. The highest BCUT2D eigenvalue weighted by molar-refractivity contribution is 14.0. The Hall–Kier alpha value is -1.64. The molecule has 2 heterocycles. The van der Waals surface area contributed by atoms with Gasteiger partial charge in [0.05, 0.1) is 12.6 Å². The van der Waals surface area contributed by atoms with Gasteiger partial charge in [-0.05, 0) is 56.0 Å². The van der Waals surface area contributed by atoms with Crippen LogP contribution in [-0.4, -0.2) is 43.6 Å². The SMILES string of the molecule is CCNC(=NCc1ccc(CN2CCCC2)cc1)NCC1CCOC1c1ccccc1.I. The summed E-state index contributed by atoms with van der Waals surface area (Å²) in [4.78, 5) is 7.36. The lowest BCUT2D eigenvalue weighted by Gasteiger charge is -2.21. The molecule has 0 aliphatic carbocycles. The standard InChI is InChI=1S/C26H36N4O.HI/c1-2-27-26(29-19-24-14-17-31-25(24)23-8-4-3-5-9-23)28-18-21-10-12-22(13-11-21)20-30-15-6-7-16-30;/h3-5,8-13,24-25H,2,6-7,14-20H2,1H3,(H2,27,28,29);1H. The van der Waals surface area contributed by atoms with Crippen molar-refractivity contribution < 1.29 is 4.74 Å². The summed E-state index contributed by atoms with van der Waals surface area (Å²) in [6.45, 7) is 8.87. The van der Waals surface area contributed by atoms with Crippen LogP contribution in [-0.2, 0) is 17.8 Å². The van der Waals surface area contributed by atoms with Crippen LogP contribution in [0, 0.1) is 5.92 Å². The number of rotatable bonds is 8. The third-order valence-corrected chi connectivity index (χ3v) is 6.27. The molecule has 6 heteroatoms. The van der Waals surface area contributed by atoms with E-state index in [0.29, 0.717) is 12.5 Å². The summed E-state index contributed by atoms with van der Waals surface area (Å²) in [5.74, 6) is 1.33. The molecule has 5 nitrogen and oxygen atoms in total. The van der Waals surface area contributed by atoms with Crippen LogP contribution in [0.15, 0.2) is 59.6 Å². The molecule has 2 aromatic carbocycles. The first-order chi connectivity index (χ1) is 15.3. The molecule has 2 N–H and O–H groups in total. The number of ether oxygens (including phenoxy) is 1. The van der Waals surface area contributed by atoms with Crippen molar-refractivity contribution in [2.45, 2.75) is 45.4 Å². The zero-order valence-electron chi connectivity index (χ0n) is 19.1. The lowest BCUT2D eigenvalue weighted by atomic mass is 9.95. The predicted octanol–water partition coefficient (Wildman–Crippen LogP) is 4.73. The van der Waals surface area contributed by atoms with Gasteiger partial charge in [-0.2, -0.15) is 0 Å². The first kappa shape index (κ1) is 25.0. The van der Waals surface area contributed by atoms with E-state index < -0.39 is 0 Å². The van der Waals surface area contributed by atoms with Crippen molar-refractivity contribution in [2.75, 3.05) is 32.8 Å². The van der Waals surface area contributed by atoms with Crippen LogP contribution in [0.3, 0.4) is 0 Å². The van der Waals surface area contributed by atoms with Gasteiger partial charge in [-0.1, -0.05) is 54.6 Å². The molecule has 2 unspecified atom stereocenters. The fourth-order valence-corrected chi connectivity index (χ4v) is 4.54. The summed E-state index contributed by atoms with van der Waals surface area (Å²) in [6.07, 6.45) is 3.92. The molecule has 0 aromatic heterocycles. The maximum absolute atomic E-state index is 6.03. The van der Waals surface area contributed by atoms with Crippen LogP contribution in [0.2, 0.25) is 0 Å². The molecule has 0 bridgehead atoms. The molecule has 174 valence electrons. The van der Waals surface area contributed by atoms with Crippen LogP contribution in [0.4, 0.5) is 0 Å². The maximum Gasteiger partial charge on any atom is 0.191 e. The molecule has 2 aliphatic rings. The minimum Gasteiger partial charge on any atom is -0.373 e. The number of halogens is 1. The Balaban J connectivity index is 0.00000289. The number of guanidine groups is 1. The Labute approximate surface area is 210 Å². The fourth-order valence-electron chi connectivity index (χ4n) is 4.54. The largest absolute Gasteiger partial charge is 0.373 e. The smallest absolute Gasteiger partial charge is 0.191 e. The van der Waals surface area contributed by atoms with Crippen molar-refractivity contribution in [3.05, 3.63) is 71.3 Å². The highest BCUT2D eigenvalue weighted by atomic mass is 127. The average molecular weight is 549 g/mol. The second-order valence-corrected chi connectivity index (χ2v) is 8.63. The van der Waals surface area contributed by atoms with Gasteiger partial charge in [-0.25, -0.2) is 4.99 Å². The van der Waals surface area contributed by atoms with Gasteiger partial charge in [-0.3, -0.25) is 4.90 Å². The van der Waals surface area contributed by atoms with Crippen LogP contribution >= 0.6 is 24.0 Å². The second kappa shape index (κ2) is 13.2. The fraction of sp³-hybridized carbons (Fsp3) is 0.500. The van der Waals surface area contributed by atoms with Gasteiger partial charge in [0.25, 0.3) is 0 Å². The van der Waals surface area contributed by atoms with E-state index in [0.717, 1.165) is 38.6 Å². The third-order valence-electron chi connectivity index (χ3n) is 6.27. The zero-order chi connectivity index (χ0) is 21.3. The number of nitrogens with zero attached hydrogens (tertiary/aromatic N) is 2. The second-order valence-electron chi connectivity index (χ2n) is 8.63. The summed E-state index contributed by atoms with van der Waals surface area (Å²) in [6, 6.07) is 19.5. The van der Waals surface area contributed by atoms with Crippen molar-refractivity contribution in [3.63, 3.8) is 0 Å². The Kier molecular flexibility index (Phi) is 10.3. The van der Waals surface area contributed by atoms with E-state index in [-0.39, 0.29) is 30.1 Å². The van der Waals surface area contributed by atoms with Gasteiger partial charge < -0.3 is 15.4 Å². The molecule has 32 heavy (non-hydrogen) atoms. The Morgan fingerprint density at radius 1 is 1.00 bits per heavy atom. The Morgan fingerprint density at radius 3 is 2.44 bits per heavy atom. The zero-order valence-corrected chi connectivity index (χ0v) is 21.5. The van der Waals surface area contributed by atoms with Crippen molar-refractivity contribution in [1.29, 1.82) is 0 Å². The van der Waals surface area contributed by atoms with Crippen molar-refractivity contribution in [3.8, 4) is 0 Å². The summed E-state index contributed by atoms with van der Waals surface area (Å²) in [5, 5.41) is 6.93. The van der Waals surface area contributed by atoms with Gasteiger partial charge >= 0.3 is 0 Å². The Morgan fingerprint density at radius 2 is 1.72 bits per heavy atom. The number of nitrogens with one attached hydrogen (secondary N) is 2. The first-order valence-corrected chi connectivity index (χ1v) is 11.8. The van der Waals surface area contributed by atoms with Gasteiger partial charge in [0.2, 0.25) is 0 Å². The van der Waals surface area contributed by atoms with Gasteiger partial charge in [0, 0.05) is 32.2 Å². The third kappa shape index (κ3) is 7.18. The van der Waals surface area contributed by atoms with Gasteiger partial charge in [-0.15, -0.1) is 24.0 Å². The summed E-state index contributed by atoms with van der Waals surface area (Å²) in [7, 11) is 0. The van der Waals surface area contributed by atoms with E-state index in [4.69, 9.17) is 9.73 Å². The summed E-state index contributed by atoms with van der Waals surface area (Å²) in [5.41, 5.74) is 3.91. The monoisotopic (exact) mass is 548 g/mol. The highest BCUT2D eigenvalue weighted by Gasteiger charge is 2.29. The summed E-state index contributed by atoms with van der Waals surface area (Å²) < 4.78 is 6.03. The molecular formula is C26H37IN4O. The molecule has 2 atom stereocenters. The van der Waals surface area contributed by atoms with E-state index >= 15 is 0 Å². The molecule has 2 aromatic rings. The lowest BCUT2D eigenvalue weighted by molar-refractivity contribution is 0.0915. The number of benzene rings is 2. The van der Waals surface area contributed by atoms with Crippen molar-refractivity contribution >= 4 is 29.9 Å². The quantitative estimate of drug-likeness (QED) is 0.285. The van der Waals surface area contributed by atoms with E-state index in [1.54, 1.807) is 0 Å². The normalized spacial score (nSPS) is 21.3. The Bertz CT molecular complexity index is 821. The molecule has 4 rings (SSSR count). The maximum atomic E-state index is 6.03. The number of likely N-dealkylation sites (tertiary alicyclic amines) is 1. The van der Waals surface area contributed by atoms with Crippen LogP contribution < -0.4 is 10.6 Å². The molecule has 0 spiro atoms. The molecule has 0 radical (unpaired) electrons. The predicted molar refractivity (Wildman–Crippen MR) is 142 cm³/mol. The van der Waals surface area contributed by atoms with Crippen LogP contribution in [0.25, 0.3) is 0 Å². The number of aliphatic imine (C=N–C) groups is 1. The lowest BCUT2D eigenvalue weighted by Crippen LogP contribution is -2.40. The average Bonchev–Trinajstić information content (AvgIpc) is 3.49. The number of hydrogen-bond donors (Lipinski definition) is 2. The van der Waals surface area contributed by atoms with Crippen molar-refractivity contribution in [2.24, 2.45) is 10.9 Å². The molecule has 2 fully saturated rings. The van der Waals surface area contributed by atoms with Crippen LogP contribution in [0.1, 0.15) is 49.0 Å². The first-order valence-electron chi connectivity index (χ1n) is 11.8. The molecular weight excluding hydrogens is 511 g/mol. The van der Waals surface area contributed by atoms with Crippen LogP contribution in [0.5, 0.6) is 0 Å². The van der Waals surface area contributed by atoms with E-state index in [1.807, 2.05) is 0 Å². The number of hydrogen-bond acceptors (Lipinski definition) is 3. The van der Waals surface area contributed by atoms with E-state index in [9.17, 15) is 0 Å².